The van der Waals surface area contributed by atoms with E-state index in [1.54, 1.807) is 24.3 Å². The molecule has 1 aromatic rings. The molecule has 0 spiro atoms. The predicted octanol–water partition coefficient (Wildman–Crippen LogP) is 2.84. The van der Waals surface area contributed by atoms with Crippen LogP contribution in [0.25, 0.3) is 0 Å². The van der Waals surface area contributed by atoms with Gasteiger partial charge in [0.1, 0.15) is 0 Å². The monoisotopic (exact) mass is 359 g/mol. The number of rotatable bonds is 6. The quantitative estimate of drug-likeness (QED) is 0.817. The largest absolute Gasteiger partial charge is 0.449 e. The van der Waals surface area contributed by atoms with Crippen molar-refractivity contribution >= 4 is 29.3 Å². The van der Waals surface area contributed by atoms with Crippen LogP contribution in [0.4, 0.5) is 16.2 Å². The number of nitrogens with zero attached hydrogens (tertiary/aromatic N) is 1. The summed E-state index contributed by atoms with van der Waals surface area (Å²) in [6, 6.07) is 7.22. The van der Waals surface area contributed by atoms with Gasteiger partial charge >= 0.3 is 6.09 Å². The van der Waals surface area contributed by atoms with E-state index in [0.29, 0.717) is 30.6 Å². The molecule has 3 rings (SSSR count). The number of benzene rings is 1. The van der Waals surface area contributed by atoms with E-state index in [9.17, 15) is 14.4 Å². The minimum absolute atomic E-state index is 0.0657. The molecule has 1 saturated carbocycles. The fraction of sp³-hybridized carbons (Fsp3) is 0.526. The standard InChI is InChI=1S/C19H25N3O4/c1-12(2)11-26-19(25)21-15-5-3-4-14(9-15)20-18(24)13-8-17(23)22(10-13)16-6-7-16/h3-5,9,12-13,16H,6-8,10-11H2,1-2H3,(H,20,24)(H,21,25)/t13-/m0/s1. The molecule has 0 aromatic heterocycles. The smallest absolute Gasteiger partial charge is 0.411 e. The fourth-order valence-corrected chi connectivity index (χ4v) is 2.96. The summed E-state index contributed by atoms with van der Waals surface area (Å²) in [5, 5.41) is 5.48. The van der Waals surface area contributed by atoms with Crippen LogP contribution in [0.5, 0.6) is 0 Å². The number of anilines is 2. The number of amides is 3. The van der Waals surface area contributed by atoms with E-state index < -0.39 is 6.09 Å². The van der Waals surface area contributed by atoms with Crippen LogP contribution >= 0.6 is 0 Å². The Balaban J connectivity index is 1.54. The molecule has 2 fully saturated rings. The molecular weight excluding hydrogens is 334 g/mol. The molecule has 1 aromatic carbocycles. The summed E-state index contributed by atoms with van der Waals surface area (Å²) in [7, 11) is 0. The van der Waals surface area contributed by atoms with Crippen LogP contribution in [0.3, 0.4) is 0 Å². The Morgan fingerprint density at radius 1 is 1.23 bits per heavy atom. The molecule has 1 saturated heterocycles. The van der Waals surface area contributed by atoms with Crippen molar-refractivity contribution in [1.82, 2.24) is 4.90 Å². The molecule has 2 N–H and O–H groups in total. The van der Waals surface area contributed by atoms with Crippen LogP contribution in [-0.4, -0.2) is 42.0 Å². The Morgan fingerprint density at radius 3 is 2.58 bits per heavy atom. The molecule has 140 valence electrons. The highest BCUT2D eigenvalue weighted by Crippen LogP contribution is 2.33. The van der Waals surface area contributed by atoms with Gasteiger partial charge in [0.05, 0.1) is 12.5 Å². The molecule has 26 heavy (non-hydrogen) atoms. The summed E-state index contributed by atoms with van der Waals surface area (Å²) in [4.78, 5) is 38.0. The summed E-state index contributed by atoms with van der Waals surface area (Å²) in [5.74, 6) is -0.163. The molecule has 1 atom stereocenters. The first-order chi connectivity index (χ1) is 12.4. The molecular formula is C19H25N3O4. The summed E-state index contributed by atoms with van der Waals surface area (Å²) >= 11 is 0. The van der Waals surface area contributed by atoms with Gasteiger partial charge in [-0.15, -0.1) is 0 Å². The lowest BCUT2D eigenvalue weighted by molar-refractivity contribution is -0.128. The molecule has 3 amide bonds. The van der Waals surface area contributed by atoms with Gasteiger partial charge in [-0.3, -0.25) is 14.9 Å². The lowest BCUT2D eigenvalue weighted by Crippen LogP contribution is -2.29. The second-order valence-corrected chi connectivity index (χ2v) is 7.37. The van der Waals surface area contributed by atoms with Crippen molar-refractivity contribution in [1.29, 1.82) is 0 Å². The van der Waals surface area contributed by atoms with Gasteiger partial charge in [-0.25, -0.2) is 4.79 Å². The molecule has 1 aliphatic heterocycles. The minimum Gasteiger partial charge on any atom is -0.449 e. The maximum absolute atomic E-state index is 12.5. The van der Waals surface area contributed by atoms with Crippen LogP contribution < -0.4 is 10.6 Å². The van der Waals surface area contributed by atoms with Gasteiger partial charge in [-0.1, -0.05) is 19.9 Å². The van der Waals surface area contributed by atoms with E-state index in [-0.39, 0.29) is 30.1 Å². The molecule has 0 bridgehead atoms. The predicted molar refractivity (Wildman–Crippen MR) is 97.7 cm³/mol. The maximum atomic E-state index is 12.5. The minimum atomic E-state index is -0.524. The molecule has 0 radical (unpaired) electrons. The summed E-state index contributed by atoms with van der Waals surface area (Å²) in [6.45, 7) is 4.76. The van der Waals surface area contributed by atoms with E-state index in [1.807, 2.05) is 18.7 Å². The number of hydrogen-bond donors (Lipinski definition) is 2. The van der Waals surface area contributed by atoms with Gasteiger partial charge in [0, 0.05) is 30.4 Å². The number of hydrogen-bond acceptors (Lipinski definition) is 4. The first-order valence-corrected chi connectivity index (χ1v) is 9.06. The van der Waals surface area contributed by atoms with Crippen LogP contribution in [0, 0.1) is 11.8 Å². The number of likely N-dealkylation sites (tertiary alicyclic amines) is 1. The van der Waals surface area contributed by atoms with E-state index in [4.69, 9.17) is 4.74 Å². The molecule has 1 aliphatic carbocycles. The van der Waals surface area contributed by atoms with Crippen LogP contribution in [-0.2, 0) is 14.3 Å². The third kappa shape index (κ3) is 4.74. The zero-order valence-electron chi connectivity index (χ0n) is 15.2. The first-order valence-electron chi connectivity index (χ1n) is 9.06. The van der Waals surface area contributed by atoms with Crippen molar-refractivity contribution in [2.45, 2.75) is 39.2 Å². The van der Waals surface area contributed by atoms with Crippen molar-refractivity contribution in [3.05, 3.63) is 24.3 Å². The zero-order valence-corrected chi connectivity index (χ0v) is 15.2. The molecule has 1 heterocycles. The third-order valence-corrected chi connectivity index (χ3v) is 4.44. The van der Waals surface area contributed by atoms with Crippen molar-refractivity contribution in [3.8, 4) is 0 Å². The van der Waals surface area contributed by atoms with Gasteiger partial charge in [0.2, 0.25) is 11.8 Å². The molecule has 0 unspecified atom stereocenters. The van der Waals surface area contributed by atoms with Gasteiger partial charge < -0.3 is 15.0 Å². The fourth-order valence-electron chi connectivity index (χ4n) is 2.96. The van der Waals surface area contributed by atoms with E-state index in [1.165, 1.54) is 0 Å². The Hall–Kier alpha value is -2.57. The second-order valence-electron chi connectivity index (χ2n) is 7.37. The number of carbonyl (C=O) groups excluding carboxylic acids is 3. The van der Waals surface area contributed by atoms with E-state index >= 15 is 0 Å². The van der Waals surface area contributed by atoms with Gasteiger partial charge in [-0.05, 0) is 37.0 Å². The summed E-state index contributed by atoms with van der Waals surface area (Å²) in [6.07, 6.45) is 1.83. The van der Waals surface area contributed by atoms with Crippen LogP contribution in [0.1, 0.15) is 33.1 Å². The van der Waals surface area contributed by atoms with Gasteiger partial charge in [0.15, 0.2) is 0 Å². The molecule has 7 nitrogen and oxygen atoms in total. The maximum Gasteiger partial charge on any atom is 0.411 e. The molecule has 7 heteroatoms. The highest BCUT2D eigenvalue weighted by Gasteiger charge is 2.41. The topological polar surface area (TPSA) is 87.7 Å². The van der Waals surface area contributed by atoms with Gasteiger partial charge in [0.25, 0.3) is 0 Å². The van der Waals surface area contributed by atoms with Crippen molar-refractivity contribution in [2.75, 3.05) is 23.8 Å². The number of carbonyl (C=O) groups is 3. The van der Waals surface area contributed by atoms with Crippen molar-refractivity contribution in [2.24, 2.45) is 11.8 Å². The zero-order chi connectivity index (χ0) is 18.7. The van der Waals surface area contributed by atoms with Crippen LogP contribution in [0.15, 0.2) is 24.3 Å². The third-order valence-electron chi connectivity index (χ3n) is 4.44. The second kappa shape index (κ2) is 7.76. The normalized spacial score (nSPS) is 19.6. The van der Waals surface area contributed by atoms with Gasteiger partial charge in [-0.2, -0.15) is 0 Å². The van der Waals surface area contributed by atoms with E-state index in [0.717, 1.165) is 12.8 Å². The lowest BCUT2D eigenvalue weighted by Gasteiger charge is -2.15. The Bertz CT molecular complexity index is 700. The van der Waals surface area contributed by atoms with E-state index in [2.05, 4.69) is 10.6 Å². The Labute approximate surface area is 153 Å². The first kappa shape index (κ1) is 18.2. The average Bonchev–Trinajstić information content (AvgIpc) is 3.35. The van der Waals surface area contributed by atoms with Crippen molar-refractivity contribution < 1.29 is 19.1 Å². The molecule has 2 aliphatic rings. The Kier molecular flexibility index (Phi) is 5.44. The highest BCUT2D eigenvalue weighted by atomic mass is 16.5. The summed E-state index contributed by atoms with van der Waals surface area (Å²) in [5.41, 5.74) is 1.12. The Morgan fingerprint density at radius 2 is 1.92 bits per heavy atom. The number of nitrogens with one attached hydrogen (secondary N) is 2. The average molecular weight is 359 g/mol. The highest BCUT2D eigenvalue weighted by molar-refractivity contribution is 5.98. The lowest BCUT2D eigenvalue weighted by atomic mass is 10.1. The number of ether oxygens (including phenoxy) is 1. The SMILES string of the molecule is CC(C)COC(=O)Nc1cccc(NC(=O)[C@H]2CC(=O)N(C3CC3)C2)c1. The van der Waals surface area contributed by atoms with Crippen LogP contribution in [0.2, 0.25) is 0 Å². The van der Waals surface area contributed by atoms with Crippen molar-refractivity contribution in [3.63, 3.8) is 0 Å². The summed E-state index contributed by atoms with van der Waals surface area (Å²) < 4.78 is 5.08.